The first-order chi connectivity index (χ1) is 11.3. The van der Waals surface area contributed by atoms with Crippen LogP contribution in [0.4, 0.5) is 0 Å². The van der Waals surface area contributed by atoms with Crippen molar-refractivity contribution in [2.24, 2.45) is 4.99 Å². The maximum absolute atomic E-state index is 4.81. The first-order valence-corrected chi connectivity index (χ1v) is 7.67. The summed E-state index contributed by atoms with van der Waals surface area (Å²) in [6.45, 7) is 3.54. The largest absolute Gasteiger partial charge is 0.364 e. The zero-order valence-corrected chi connectivity index (χ0v) is 13.4. The SMILES string of the molecule is CN=C(NCCc1c[nH]c2cccc(C)c12)NCc1ccon1. The third-order valence-corrected chi connectivity index (χ3v) is 3.83. The Morgan fingerprint density at radius 1 is 1.30 bits per heavy atom. The third-order valence-electron chi connectivity index (χ3n) is 3.83. The average Bonchev–Trinajstić information content (AvgIpc) is 3.21. The predicted molar refractivity (Wildman–Crippen MR) is 91.4 cm³/mol. The number of nitrogens with zero attached hydrogens (tertiary/aromatic N) is 2. The number of aryl methyl sites for hydroxylation is 1. The van der Waals surface area contributed by atoms with E-state index < -0.39 is 0 Å². The summed E-state index contributed by atoms with van der Waals surface area (Å²) in [7, 11) is 1.76. The molecule has 0 atom stereocenters. The second kappa shape index (κ2) is 7.00. The highest BCUT2D eigenvalue weighted by atomic mass is 16.5. The number of rotatable bonds is 5. The van der Waals surface area contributed by atoms with Crippen LogP contribution in [0.2, 0.25) is 0 Å². The van der Waals surface area contributed by atoms with Crippen LogP contribution in [0.1, 0.15) is 16.8 Å². The second-order valence-corrected chi connectivity index (χ2v) is 5.40. The van der Waals surface area contributed by atoms with Crippen molar-refractivity contribution < 1.29 is 4.52 Å². The van der Waals surface area contributed by atoms with Crippen LogP contribution in [-0.2, 0) is 13.0 Å². The minimum absolute atomic E-state index is 0.586. The number of benzene rings is 1. The Balaban J connectivity index is 1.55. The number of guanidine groups is 1. The summed E-state index contributed by atoms with van der Waals surface area (Å²) in [6, 6.07) is 8.16. The van der Waals surface area contributed by atoms with Gasteiger partial charge in [-0.05, 0) is 30.5 Å². The minimum Gasteiger partial charge on any atom is -0.364 e. The van der Waals surface area contributed by atoms with Crippen molar-refractivity contribution in [3.8, 4) is 0 Å². The molecule has 0 aliphatic rings. The van der Waals surface area contributed by atoms with Gasteiger partial charge in [-0.1, -0.05) is 17.3 Å². The molecule has 0 fully saturated rings. The van der Waals surface area contributed by atoms with Crippen molar-refractivity contribution in [3.63, 3.8) is 0 Å². The predicted octanol–water partition coefficient (Wildman–Crippen LogP) is 2.37. The molecule has 0 radical (unpaired) electrons. The molecule has 1 aromatic carbocycles. The van der Waals surface area contributed by atoms with Gasteiger partial charge in [0.1, 0.15) is 12.0 Å². The second-order valence-electron chi connectivity index (χ2n) is 5.40. The van der Waals surface area contributed by atoms with Crippen LogP contribution >= 0.6 is 0 Å². The van der Waals surface area contributed by atoms with E-state index in [2.05, 4.69) is 57.1 Å². The Morgan fingerprint density at radius 3 is 3.00 bits per heavy atom. The molecule has 6 heteroatoms. The molecule has 0 aliphatic carbocycles. The monoisotopic (exact) mass is 311 g/mol. The molecule has 6 nitrogen and oxygen atoms in total. The minimum atomic E-state index is 0.586. The first kappa shape index (κ1) is 15.1. The highest BCUT2D eigenvalue weighted by molar-refractivity contribution is 5.86. The summed E-state index contributed by atoms with van der Waals surface area (Å²) in [5.41, 5.74) is 4.65. The van der Waals surface area contributed by atoms with Gasteiger partial charge in [0.25, 0.3) is 0 Å². The molecule has 0 bridgehead atoms. The van der Waals surface area contributed by atoms with Gasteiger partial charge in [-0.3, -0.25) is 4.99 Å². The van der Waals surface area contributed by atoms with Crippen molar-refractivity contribution in [2.45, 2.75) is 19.9 Å². The molecule has 3 aromatic rings. The quantitative estimate of drug-likeness (QED) is 0.499. The molecule has 0 amide bonds. The maximum atomic E-state index is 4.81. The van der Waals surface area contributed by atoms with Gasteiger partial charge in [0.2, 0.25) is 0 Å². The van der Waals surface area contributed by atoms with E-state index in [0.29, 0.717) is 6.54 Å². The summed E-state index contributed by atoms with van der Waals surface area (Å²) < 4.78 is 4.81. The highest BCUT2D eigenvalue weighted by Gasteiger charge is 2.06. The van der Waals surface area contributed by atoms with Crippen molar-refractivity contribution in [1.29, 1.82) is 0 Å². The van der Waals surface area contributed by atoms with E-state index in [1.807, 2.05) is 6.07 Å². The van der Waals surface area contributed by atoms with Gasteiger partial charge in [0.05, 0.1) is 6.54 Å². The van der Waals surface area contributed by atoms with Crippen LogP contribution in [0, 0.1) is 6.92 Å². The number of H-pyrrole nitrogens is 1. The number of hydrogen-bond donors (Lipinski definition) is 3. The maximum Gasteiger partial charge on any atom is 0.191 e. The number of hydrogen-bond acceptors (Lipinski definition) is 3. The lowest BCUT2D eigenvalue weighted by molar-refractivity contribution is 0.410. The van der Waals surface area contributed by atoms with Gasteiger partial charge < -0.3 is 20.1 Å². The molecule has 23 heavy (non-hydrogen) atoms. The van der Waals surface area contributed by atoms with E-state index in [1.54, 1.807) is 13.3 Å². The van der Waals surface area contributed by atoms with Crippen LogP contribution in [0.5, 0.6) is 0 Å². The van der Waals surface area contributed by atoms with Gasteiger partial charge in [0, 0.05) is 36.8 Å². The van der Waals surface area contributed by atoms with Crippen LogP contribution in [0.15, 0.2) is 46.2 Å². The molecule has 0 unspecified atom stereocenters. The van der Waals surface area contributed by atoms with Crippen LogP contribution in [0.3, 0.4) is 0 Å². The van der Waals surface area contributed by atoms with Crippen LogP contribution in [0.25, 0.3) is 10.9 Å². The fourth-order valence-corrected chi connectivity index (χ4v) is 2.69. The Hall–Kier alpha value is -2.76. The third kappa shape index (κ3) is 3.53. The molecule has 0 saturated carbocycles. The van der Waals surface area contributed by atoms with Gasteiger partial charge in [-0.2, -0.15) is 0 Å². The number of aromatic amines is 1. The lowest BCUT2D eigenvalue weighted by Crippen LogP contribution is -2.37. The highest BCUT2D eigenvalue weighted by Crippen LogP contribution is 2.22. The normalized spacial score (nSPS) is 11.8. The van der Waals surface area contributed by atoms with Gasteiger partial charge >= 0.3 is 0 Å². The topological polar surface area (TPSA) is 78.2 Å². The smallest absolute Gasteiger partial charge is 0.191 e. The number of aliphatic imine (C=N–C) groups is 1. The molecule has 120 valence electrons. The van der Waals surface area contributed by atoms with E-state index in [9.17, 15) is 0 Å². The Morgan fingerprint density at radius 2 is 2.22 bits per heavy atom. The summed E-state index contributed by atoms with van der Waals surface area (Å²) in [6.07, 6.45) is 4.58. The summed E-state index contributed by atoms with van der Waals surface area (Å²) in [5, 5.41) is 11.7. The van der Waals surface area contributed by atoms with Crippen molar-refractivity contribution in [1.82, 2.24) is 20.8 Å². The Kier molecular flexibility index (Phi) is 4.61. The average molecular weight is 311 g/mol. The summed E-state index contributed by atoms with van der Waals surface area (Å²) in [4.78, 5) is 7.55. The van der Waals surface area contributed by atoms with E-state index in [0.717, 1.165) is 24.6 Å². The van der Waals surface area contributed by atoms with Gasteiger partial charge in [-0.15, -0.1) is 0 Å². The van der Waals surface area contributed by atoms with Crippen LogP contribution < -0.4 is 10.6 Å². The Bertz CT molecular complexity index is 789. The summed E-state index contributed by atoms with van der Waals surface area (Å²) >= 11 is 0. The fourth-order valence-electron chi connectivity index (χ4n) is 2.69. The van der Waals surface area contributed by atoms with Crippen molar-refractivity contribution in [2.75, 3.05) is 13.6 Å². The lowest BCUT2D eigenvalue weighted by atomic mass is 10.1. The molecular formula is C17H21N5O. The molecule has 0 aliphatic heterocycles. The molecule has 3 N–H and O–H groups in total. The van der Waals surface area contributed by atoms with E-state index in [4.69, 9.17) is 4.52 Å². The number of nitrogens with one attached hydrogen (secondary N) is 3. The molecule has 0 spiro atoms. The van der Waals surface area contributed by atoms with Crippen molar-refractivity contribution in [3.05, 3.63) is 53.5 Å². The summed E-state index contributed by atoms with van der Waals surface area (Å²) in [5.74, 6) is 0.754. The standard InChI is InChI=1S/C17H21N5O/c1-12-4-3-5-15-16(12)13(10-20-15)6-8-19-17(18-2)21-11-14-7-9-23-22-14/h3-5,7,9-10,20H,6,8,11H2,1-2H3,(H2,18,19,21). The van der Waals surface area contributed by atoms with Crippen molar-refractivity contribution >= 4 is 16.9 Å². The molecule has 2 heterocycles. The molecule has 0 saturated heterocycles. The Labute approximate surface area is 135 Å². The number of fused-ring (bicyclic) bond motifs is 1. The lowest BCUT2D eigenvalue weighted by Gasteiger charge is -2.10. The van der Waals surface area contributed by atoms with E-state index in [-0.39, 0.29) is 0 Å². The van der Waals surface area contributed by atoms with Gasteiger partial charge in [-0.25, -0.2) is 0 Å². The zero-order valence-electron chi connectivity index (χ0n) is 13.4. The molecule has 3 rings (SSSR count). The molecule has 2 aromatic heterocycles. The van der Waals surface area contributed by atoms with E-state index in [1.165, 1.54) is 22.0 Å². The van der Waals surface area contributed by atoms with Gasteiger partial charge in [0.15, 0.2) is 5.96 Å². The fraction of sp³-hybridized carbons (Fsp3) is 0.294. The van der Waals surface area contributed by atoms with E-state index >= 15 is 0 Å². The zero-order chi connectivity index (χ0) is 16.1. The first-order valence-electron chi connectivity index (χ1n) is 7.67. The molecular weight excluding hydrogens is 290 g/mol. The van der Waals surface area contributed by atoms with Crippen LogP contribution in [-0.4, -0.2) is 29.7 Å². The number of aromatic nitrogens is 2.